The molecule has 0 bridgehead atoms. The standard InChI is InChI=1S/C15H13ClN2O/c1-3-4-7-19-15-8-12(16)5-6-13(15)14-10-17-11(2)9-18-14/h5-6,8-10H,7H2,1-2H3. The summed E-state index contributed by atoms with van der Waals surface area (Å²) in [5.74, 6) is 6.30. The molecular formula is C15H13ClN2O. The van der Waals surface area contributed by atoms with Crippen LogP contribution in [0.4, 0.5) is 0 Å². The molecular weight excluding hydrogens is 260 g/mol. The fraction of sp³-hybridized carbons (Fsp3) is 0.200. The zero-order valence-corrected chi connectivity index (χ0v) is 11.5. The molecule has 0 aliphatic rings. The molecule has 0 atom stereocenters. The highest BCUT2D eigenvalue weighted by Gasteiger charge is 2.08. The summed E-state index contributed by atoms with van der Waals surface area (Å²) in [5, 5.41) is 0.614. The smallest absolute Gasteiger partial charge is 0.149 e. The molecule has 1 heterocycles. The van der Waals surface area contributed by atoms with Crippen molar-refractivity contribution < 1.29 is 4.74 Å². The first kappa shape index (κ1) is 13.4. The molecule has 0 saturated heterocycles. The summed E-state index contributed by atoms with van der Waals surface area (Å²) in [5.41, 5.74) is 2.48. The van der Waals surface area contributed by atoms with Crippen molar-refractivity contribution >= 4 is 11.6 Å². The Bertz CT molecular complexity index is 627. The van der Waals surface area contributed by atoms with Gasteiger partial charge in [0.15, 0.2) is 0 Å². The van der Waals surface area contributed by atoms with Crippen LogP contribution in [-0.4, -0.2) is 16.6 Å². The molecule has 0 amide bonds. The zero-order valence-electron chi connectivity index (χ0n) is 10.8. The Morgan fingerprint density at radius 2 is 2.11 bits per heavy atom. The van der Waals surface area contributed by atoms with Crippen LogP contribution in [0.5, 0.6) is 5.75 Å². The Kier molecular flexibility index (Phi) is 4.38. The van der Waals surface area contributed by atoms with Gasteiger partial charge in [-0.2, -0.15) is 0 Å². The molecule has 2 rings (SSSR count). The molecule has 0 spiro atoms. The van der Waals surface area contributed by atoms with E-state index in [2.05, 4.69) is 21.8 Å². The van der Waals surface area contributed by atoms with Crippen LogP contribution in [0.25, 0.3) is 11.3 Å². The minimum absolute atomic E-state index is 0.323. The molecule has 0 saturated carbocycles. The molecule has 2 aromatic rings. The minimum atomic E-state index is 0.323. The lowest BCUT2D eigenvalue weighted by molar-refractivity contribution is 0.371. The van der Waals surface area contributed by atoms with Crippen LogP contribution in [-0.2, 0) is 0 Å². The monoisotopic (exact) mass is 272 g/mol. The van der Waals surface area contributed by atoms with Gasteiger partial charge in [-0.15, -0.1) is 5.92 Å². The van der Waals surface area contributed by atoms with Crippen molar-refractivity contribution in [3.63, 3.8) is 0 Å². The van der Waals surface area contributed by atoms with E-state index in [1.54, 1.807) is 31.5 Å². The van der Waals surface area contributed by atoms with Crippen molar-refractivity contribution in [1.29, 1.82) is 0 Å². The van der Waals surface area contributed by atoms with Gasteiger partial charge in [0, 0.05) is 16.8 Å². The van der Waals surface area contributed by atoms with E-state index in [-0.39, 0.29) is 0 Å². The van der Waals surface area contributed by atoms with Crippen molar-refractivity contribution in [2.75, 3.05) is 6.61 Å². The van der Waals surface area contributed by atoms with E-state index in [1.165, 1.54) is 0 Å². The van der Waals surface area contributed by atoms with Crippen LogP contribution < -0.4 is 4.74 Å². The Morgan fingerprint density at radius 3 is 2.79 bits per heavy atom. The van der Waals surface area contributed by atoms with Crippen molar-refractivity contribution in [2.45, 2.75) is 13.8 Å². The van der Waals surface area contributed by atoms with Gasteiger partial charge in [-0.1, -0.05) is 17.5 Å². The SMILES string of the molecule is CC#CCOc1cc(Cl)ccc1-c1cnc(C)cn1. The maximum absolute atomic E-state index is 5.99. The molecule has 19 heavy (non-hydrogen) atoms. The number of hydrogen-bond donors (Lipinski definition) is 0. The summed E-state index contributed by atoms with van der Waals surface area (Å²) < 4.78 is 5.62. The van der Waals surface area contributed by atoms with E-state index < -0.39 is 0 Å². The normalized spacial score (nSPS) is 9.63. The average molecular weight is 273 g/mol. The van der Waals surface area contributed by atoms with Crippen LogP contribution in [0.2, 0.25) is 5.02 Å². The van der Waals surface area contributed by atoms with Gasteiger partial charge >= 0.3 is 0 Å². The molecule has 3 nitrogen and oxygen atoms in total. The fourth-order valence-electron chi connectivity index (χ4n) is 1.54. The third kappa shape index (κ3) is 3.46. The first-order chi connectivity index (χ1) is 9.20. The van der Waals surface area contributed by atoms with Gasteiger partial charge in [0.1, 0.15) is 12.4 Å². The van der Waals surface area contributed by atoms with Gasteiger partial charge in [-0.3, -0.25) is 9.97 Å². The summed E-state index contributed by atoms with van der Waals surface area (Å²) in [6, 6.07) is 5.43. The van der Waals surface area contributed by atoms with E-state index in [4.69, 9.17) is 16.3 Å². The van der Waals surface area contributed by atoms with E-state index in [0.29, 0.717) is 17.4 Å². The second-order valence-electron chi connectivity index (χ2n) is 3.90. The predicted molar refractivity (Wildman–Crippen MR) is 76.2 cm³/mol. The number of ether oxygens (including phenoxy) is 1. The zero-order chi connectivity index (χ0) is 13.7. The second kappa shape index (κ2) is 6.21. The molecule has 0 radical (unpaired) electrons. The molecule has 0 aliphatic heterocycles. The predicted octanol–water partition coefficient (Wildman–Crippen LogP) is 3.51. The highest BCUT2D eigenvalue weighted by Crippen LogP contribution is 2.31. The van der Waals surface area contributed by atoms with Gasteiger partial charge in [-0.05, 0) is 32.0 Å². The van der Waals surface area contributed by atoms with Crippen molar-refractivity contribution in [3.05, 3.63) is 41.3 Å². The first-order valence-corrected chi connectivity index (χ1v) is 6.19. The maximum Gasteiger partial charge on any atom is 0.149 e. The van der Waals surface area contributed by atoms with E-state index in [1.807, 2.05) is 13.0 Å². The van der Waals surface area contributed by atoms with Crippen molar-refractivity contribution in [1.82, 2.24) is 9.97 Å². The summed E-state index contributed by atoms with van der Waals surface area (Å²) in [6.07, 6.45) is 3.44. The fourth-order valence-corrected chi connectivity index (χ4v) is 1.71. The molecule has 0 fully saturated rings. The van der Waals surface area contributed by atoms with Crippen LogP contribution in [0.3, 0.4) is 0 Å². The largest absolute Gasteiger partial charge is 0.480 e. The average Bonchev–Trinajstić information content (AvgIpc) is 2.41. The van der Waals surface area contributed by atoms with Crippen molar-refractivity contribution in [2.24, 2.45) is 0 Å². The van der Waals surface area contributed by atoms with Crippen LogP contribution in [0.15, 0.2) is 30.6 Å². The third-order valence-electron chi connectivity index (χ3n) is 2.48. The molecule has 4 heteroatoms. The Labute approximate surface area is 117 Å². The first-order valence-electron chi connectivity index (χ1n) is 5.81. The topological polar surface area (TPSA) is 35.0 Å². The summed E-state index contributed by atoms with van der Waals surface area (Å²) in [4.78, 5) is 8.58. The van der Waals surface area contributed by atoms with Gasteiger partial charge in [0.25, 0.3) is 0 Å². The minimum Gasteiger partial charge on any atom is -0.480 e. The number of rotatable bonds is 3. The van der Waals surface area contributed by atoms with Crippen LogP contribution in [0, 0.1) is 18.8 Å². The van der Waals surface area contributed by atoms with E-state index in [9.17, 15) is 0 Å². The number of benzene rings is 1. The number of hydrogen-bond acceptors (Lipinski definition) is 3. The molecule has 0 N–H and O–H groups in total. The Balaban J connectivity index is 2.37. The molecule has 0 aliphatic carbocycles. The summed E-state index contributed by atoms with van der Waals surface area (Å²) in [6.45, 7) is 3.99. The van der Waals surface area contributed by atoms with E-state index >= 15 is 0 Å². The number of nitrogens with zero attached hydrogens (tertiary/aromatic N) is 2. The quantitative estimate of drug-likeness (QED) is 0.802. The van der Waals surface area contributed by atoms with Crippen LogP contribution in [0.1, 0.15) is 12.6 Å². The summed E-state index contributed by atoms with van der Waals surface area (Å²) >= 11 is 5.99. The third-order valence-corrected chi connectivity index (χ3v) is 2.71. The van der Waals surface area contributed by atoms with Gasteiger partial charge in [0.05, 0.1) is 17.6 Å². The highest BCUT2D eigenvalue weighted by molar-refractivity contribution is 6.30. The molecule has 0 unspecified atom stereocenters. The lowest BCUT2D eigenvalue weighted by Gasteiger charge is -2.09. The van der Waals surface area contributed by atoms with Crippen molar-refractivity contribution in [3.8, 4) is 28.8 Å². The number of aryl methyl sites for hydroxylation is 1. The van der Waals surface area contributed by atoms with E-state index in [0.717, 1.165) is 17.0 Å². The second-order valence-corrected chi connectivity index (χ2v) is 4.34. The Hall–Kier alpha value is -2.05. The van der Waals surface area contributed by atoms with Gasteiger partial charge in [-0.25, -0.2) is 0 Å². The molecule has 96 valence electrons. The summed E-state index contributed by atoms with van der Waals surface area (Å²) in [7, 11) is 0. The number of halogens is 1. The molecule has 1 aromatic heterocycles. The number of aromatic nitrogens is 2. The lowest BCUT2D eigenvalue weighted by atomic mass is 10.1. The van der Waals surface area contributed by atoms with Gasteiger partial charge in [0.2, 0.25) is 0 Å². The maximum atomic E-state index is 5.99. The Morgan fingerprint density at radius 1 is 1.26 bits per heavy atom. The lowest BCUT2D eigenvalue weighted by Crippen LogP contribution is -1.97. The van der Waals surface area contributed by atoms with Crippen LogP contribution >= 0.6 is 11.6 Å². The molecule has 1 aromatic carbocycles. The van der Waals surface area contributed by atoms with Gasteiger partial charge < -0.3 is 4.74 Å². The highest BCUT2D eigenvalue weighted by atomic mass is 35.5.